The van der Waals surface area contributed by atoms with Gasteiger partial charge >= 0.3 is 12.0 Å². The zero-order chi connectivity index (χ0) is 16.7. The number of carbonyl (C=O) groups excluding carboxylic acids is 3. The molecule has 124 valence electrons. The van der Waals surface area contributed by atoms with Crippen molar-refractivity contribution in [1.29, 1.82) is 0 Å². The van der Waals surface area contributed by atoms with Crippen molar-refractivity contribution in [1.82, 2.24) is 5.32 Å². The van der Waals surface area contributed by atoms with Gasteiger partial charge in [0.2, 0.25) is 0 Å². The maximum absolute atomic E-state index is 11.7. The Kier molecular flexibility index (Phi) is 5.93. The van der Waals surface area contributed by atoms with Gasteiger partial charge < -0.3 is 19.9 Å². The molecular weight excluding hydrogens is 304 g/mol. The molecule has 0 aliphatic carbocycles. The Hall–Kier alpha value is -2.61. The van der Waals surface area contributed by atoms with E-state index in [-0.39, 0.29) is 11.7 Å². The Bertz CT molecular complexity index is 566. The second kappa shape index (κ2) is 8.14. The smallest absolute Gasteiger partial charge is 0.338 e. The Labute approximate surface area is 132 Å². The van der Waals surface area contributed by atoms with E-state index in [0.717, 1.165) is 19.4 Å². The second-order valence-electron chi connectivity index (χ2n) is 4.96. The van der Waals surface area contributed by atoms with E-state index in [2.05, 4.69) is 0 Å². The summed E-state index contributed by atoms with van der Waals surface area (Å²) < 4.78 is 15.8. The van der Waals surface area contributed by atoms with Gasteiger partial charge in [0.05, 0.1) is 11.7 Å². The highest BCUT2D eigenvalue weighted by Gasteiger charge is 2.16. The summed E-state index contributed by atoms with van der Waals surface area (Å²) in [5.74, 6) is -0.860. The minimum absolute atomic E-state index is 0.114. The van der Waals surface area contributed by atoms with Crippen LogP contribution in [0.25, 0.3) is 0 Å². The highest BCUT2D eigenvalue weighted by molar-refractivity contribution is 5.96. The van der Waals surface area contributed by atoms with E-state index < -0.39 is 24.5 Å². The van der Waals surface area contributed by atoms with Gasteiger partial charge in [-0.2, -0.15) is 0 Å². The van der Waals surface area contributed by atoms with E-state index in [1.165, 1.54) is 12.1 Å². The molecule has 8 heteroatoms. The van der Waals surface area contributed by atoms with E-state index >= 15 is 0 Å². The molecule has 1 fully saturated rings. The molecule has 0 unspecified atom stereocenters. The van der Waals surface area contributed by atoms with Crippen molar-refractivity contribution in [2.75, 3.05) is 19.8 Å². The van der Waals surface area contributed by atoms with Gasteiger partial charge in [0.25, 0.3) is 5.91 Å². The second-order valence-corrected chi connectivity index (χ2v) is 4.96. The Morgan fingerprint density at radius 3 is 2.61 bits per heavy atom. The van der Waals surface area contributed by atoms with Crippen LogP contribution >= 0.6 is 0 Å². The molecule has 0 saturated carbocycles. The lowest BCUT2D eigenvalue weighted by Crippen LogP contribution is -2.37. The summed E-state index contributed by atoms with van der Waals surface area (Å²) in [7, 11) is 0. The van der Waals surface area contributed by atoms with Crippen LogP contribution in [0.15, 0.2) is 24.3 Å². The molecule has 8 nitrogen and oxygen atoms in total. The SMILES string of the molecule is NC(=O)NC(=O)COC(=O)c1ccc(OC[C@H]2CCCO2)cc1. The minimum atomic E-state index is -1.00. The van der Waals surface area contributed by atoms with Gasteiger partial charge in [0, 0.05) is 6.61 Å². The van der Waals surface area contributed by atoms with Gasteiger partial charge in [0.1, 0.15) is 12.4 Å². The lowest BCUT2D eigenvalue weighted by atomic mass is 10.2. The fourth-order valence-corrected chi connectivity index (χ4v) is 2.04. The normalized spacial score (nSPS) is 16.6. The highest BCUT2D eigenvalue weighted by Crippen LogP contribution is 2.17. The zero-order valence-corrected chi connectivity index (χ0v) is 12.4. The number of primary amides is 1. The average molecular weight is 322 g/mol. The number of benzene rings is 1. The van der Waals surface area contributed by atoms with E-state index in [0.29, 0.717) is 12.4 Å². The third-order valence-corrected chi connectivity index (χ3v) is 3.15. The molecular formula is C15H18N2O6. The number of carbonyl (C=O) groups is 3. The van der Waals surface area contributed by atoms with Gasteiger partial charge in [-0.05, 0) is 37.1 Å². The van der Waals surface area contributed by atoms with Crippen LogP contribution in [0.4, 0.5) is 4.79 Å². The fraction of sp³-hybridized carbons (Fsp3) is 0.400. The quantitative estimate of drug-likeness (QED) is 0.741. The van der Waals surface area contributed by atoms with Crippen LogP contribution in [-0.2, 0) is 14.3 Å². The van der Waals surface area contributed by atoms with Gasteiger partial charge in [-0.25, -0.2) is 9.59 Å². The van der Waals surface area contributed by atoms with E-state index in [4.69, 9.17) is 19.9 Å². The Morgan fingerprint density at radius 2 is 2.00 bits per heavy atom. The van der Waals surface area contributed by atoms with Crippen molar-refractivity contribution in [3.8, 4) is 5.75 Å². The summed E-state index contributed by atoms with van der Waals surface area (Å²) in [4.78, 5) is 33.3. The third-order valence-electron chi connectivity index (χ3n) is 3.15. The lowest BCUT2D eigenvalue weighted by molar-refractivity contribution is -0.123. The largest absolute Gasteiger partial charge is 0.491 e. The van der Waals surface area contributed by atoms with Crippen LogP contribution in [0.3, 0.4) is 0 Å². The maximum Gasteiger partial charge on any atom is 0.338 e. The predicted octanol–water partition coefficient (Wildman–Crippen LogP) is 0.596. The van der Waals surface area contributed by atoms with Crippen LogP contribution < -0.4 is 15.8 Å². The number of urea groups is 1. The molecule has 1 aromatic rings. The molecule has 1 heterocycles. The van der Waals surface area contributed by atoms with Crippen molar-refractivity contribution < 1.29 is 28.6 Å². The summed E-state index contributed by atoms with van der Waals surface area (Å²) in [5, 5.41) is 1.79. The third kappa shape index (κ3) is 5.59. The molecule has 1 aromatic carbocycles. The standard InChI is InChI=1S/C15H18N2O6/c16-15(20)17-13(18)9-23-14(19)10-3-5-11(6-4-10)22-8-12-2-1-7-21-12/h3-6,12H,1-2,7-9H2,(H3,16,17,18,20)/t12-/m1/s1. The molecule has 23 heavy (non-hydrogen) atoms. The molecule has 0 spiro atoms. The minimum Gasteiger partial charge on any atom is -0.491 e. The monoisotopic (exact) mass is 322 g/mol. The van der Waals surface area contributed by atoms with Crippen molar-refractivity contribution >= 4 is 17.9 Å². The van der Waals surface area contributed by atoms with Gasteiger partial charge in [-0.3, -0.25) is 10.1 Å². The Balaban J connectivity index is 1.77. The zero-order valence-electron chi connectivity index (χ0n) is 12.4. The summed E-state index contributed by atoms with van der Waals surface area (Å²) in [6, 6.07) is 5.32. The van der Waals surface area contributed by atoms with Crippen LogP contribution in [0.5, 0.6) is 5.75 Å². The van der Waals surface area contributed by atoms with Crippen LogP contribution in [0.1, 0.15) is 23.2 Å². The van der Waals surface area contributed by atoms with E-state index in [9.17, 15) is 14.4 Å². The summed E-state index contributed by atoms with van der Waals surface area (Å²) >= 11 is 0. The Morgan fingerprint density at radius 1 is 1.26 bits per heavy atom. The molecule has 2 rings (SSSR count). The first-order valence-corrected chi connectivity index (χ1v) is 7.15. The van der Waals surface area contributed by atoms with E-state index in [1.807, 2.05) is 0 Å². The first-order valence-electron chi connectivity index (χ1n) is 7.15. The van der Waals surface area contributed by atoms with Gasteiger partial charge in [0.15, 0.2) is 6.61 Å². The summed E-state index contributed by atoms with van der Waals surface area (Å²) in [6.07, 6.45) is 2.14. The van der Waals surface area contributed by atoms with Crippen LogP contribution in [-0.4, -0.2) is 43.8 Å². The molecule has 0 radical (unpaired) electrons. The average Bonchev–Trinajstić information content (AvgIpc) is 3.04. The van der Waals surface area contributed by atoms with Crippen LogP contribution in [0.2, 0.25) is 0 Å². The molecule has 1 atom stereocenters. The fourth-order valence-electron chi connectivity index (χ4n) is 2.04. The number of hydrogen-bond acceptors (Lipinski definition) is 6. The number of rotatable bonds is 6. The molecule has 3 N–H and O–H groups in total. The lowest BCUT2D eigenvalue weighted by Gasteiger charge is -2.11. The molecule has 1 aliphatic rings. The number of ether oxygens (including phenoxy) is 3. The molecule has 3 amide bonds. The number of imide groups is 1. The van der Waals surface area contributed by atoms with Crippen molar-refractivity contribution in [2.24, 2.45) is 5.73 Å². The number of esters is 1. The summed E-state index contributed by atoms with van der Waals surface area (Å²) in [6.45, 7) is 0.651. The van der Waals surface area contributed by atoms with Crippen molar-refractivity contribution in [2.45, 2.75) is 18.9 Å². The van der Waals surface area contributed by atoms with Gasteiger partial charge in [-0.15, -0.1) is 0 Å². The molecule has 1 saturated heterocycles. The number of nitrogens with two attached hydrogens (primary N) is 1. The highest BCUT2D eigenvalue weighted by atomic mass is 16.5. The van der Waals surface area contributed by atoms with E-state index in [1.54, 1.807) is 17.4 Å². The topological polar surface area (TPSA) is 117 Å². The van der Waals surface area contributed by atoms with Crippen molar-refractivity contribution in [3.63, 3.8) is 0 Å². The maximum atomic E-state index is 11.7. The van der Waals surface area contributed by atoms with Crippen molar-refractivity contribution in [3.05, 3.63) is 29.8 Å². The predicted molar refractivity (Wildman–Crippen MR) is 78.9 cm³/mol. The first-order chi connectivity index (χ1) is 11.0. The number of nitrogens with one attached hydrogen (secondary N) is 1. The molecule has 0 aromatic heterocycles. The molecule has 1 aliphatic heterocycles. The number of amides is 3. The molecule has 0 bridgehead atoms. The number of hydrogen-bond donors (Lipinski definition) is 2. The summed E-state index contributed by atoms with van der Waals surface area (Å²) in [5.41, 5.74) is 5.03. The van der Waals surface area contributed by atoms with Gasteiger partial charge in [-0.1, -0.05) is 0 Å². The van der Waals surface area contributed by atoms with Crippen LogP contribution in [0, 0.1) is 0 Å². The first kappa shape index (κ1) is 16.8.